The molecule has 0 radical (unpaired) electrons. The molecule has 0 unspecified atom stereocenters. The van der Waals surface area contributed by atoms with Gasteiger partial charge in [-0.25, -0.2) is 0 Å². The Bertz CT molecular complexity index is 642. The van der Waals surface area contributed by atoms with Crippen molar-refractivity contribution in [2.75, 3.05) is 43.4 Å². The highest BCUT2D eigenvalue weighted by atomic mass is 16.5. The lowest BCUT2D eigenvalue weighted by atomic mass is 10.2. The maximum atomic E-state index is 12.1. The molecule has 1 aromatic heterocycles. The van der Waals surface area contributed by atoms with Gasteiger partial charge in [0.05, 0.1) is 6.20 Å². The molecule has 1 aliphatic heterocycles. The molecule has 2 aromatic rings. The lowest BCUT2D eigenvalue weighted by molar-refractivity contribution is 0.102. The van der Waals surface area contributed by atoms with Crippen LogP contribution in [-0.4, -0.2) is 49.2 Å². The number of hydrogen-bond acceptors (Lipinski definition) is 5. The third-order valence-corrected chi connectivity index (χ3v) is 3.99. The van der Waals surface area contributed by atoms with Crippen LogP contribution in [0.15, 0.2) is 35.0 Å². The zero-order valence-corrected chi connectivity index (χ0v) is 12.9. The van der Waals surface area contributed by atoms with Crippen LogP contribution in [0.25, 0.3) is 0 Å². The predicted octanol–water partition coefficient (Wildman–Crippen LogP) is 1.99. The summed E-state index contributed by atoms with van der Waals surface area (Å²) in [7, 11) is 2.14. The van der Waals surface area contributed by atoms with Crippen molar-refractivity contribution in [3.05, 3.63) is 41.8 Å². The molecule has 3 rings (SSSR count). The molecule has 1 aromatic carbocycles. The first-order valence-corrected chi connectivity index (χ1v) is 7.39. The van der Waals surface area contributed by atoms with Gasteiger partial charge in [0.15, 0.2) is 0 Å². The van der Waals surface area contributed by atoms with Crippen LogP contribution in [0.2, 0.25) is 0 Å². The van der Waals surface area contributed by atoms with Crippen molar-refractivity contribution in [3.63, 3.8) is 0 Å². The van der Waals surface area contributed by atoms with E-state index in [2.05, 4.69) is 27.3 Å². The summed E-state index contributed by atoms with van der Waals surface area (Å²) in [6, 6.07) is 7.94. The average Bonchev–Trinajstić information content (AvgIpc) is 2.95. The van der Waals surface area contributed by atoms with E-state index in [1.54, 1.807) is 6.92 Å². The van der Waals surface area contributed by atoms with Crippen molar-refractivity contribution in [1.82, 2.24) is 10.1 Å². The van der Waals surface area contributed by atoms with Crippen LogP contribution in [-0.2, 0) is 0 Å². The SMILES string of the molecule is Cc1oncc1C(=O)Nc1ccc(N2CCN(C)CC2)cc1. The van der Waals surface area contributed by atoms with E-state index in [0.717, 1.165) is 31.9 Å². The highest BCUT2D eigenvalue weighted by molar-refractivity contribution is 6.04. The lowest BCUT2D eigenvalue weighted by Gasteiger charge is -2.34. The van der Waals surface area contributed by atoms with Crippen molar-refractivity contribution in [2.45, 2.75) is 6.92 Å². The van der Waals surface area contributed by atoms with E-state index in [0.29, 0.717) is 11.3 Å². The molecule has 0 spiro atoms. The normalized spacial score (nSPS) is 15.8. The summed E-state index contributed by atoms with van der Waals surface area (Å²) in [6.07, 6.45) is 1.43. The average molecular weight is 300 g/mol. The minimum atomic E-state index is -0.203. The van der Waals surface area contributed by atoms with Gasteiger partial charge in [-0.2, -0.15) is 0 Å². The van der Waals surface area contributed by atoms with Gasteiger partial charge in [0.2, 0.25) is 0 Å². The minimum Gasteiger partial charge on any atom is -0.369 e. The van der Waals surface area contributed by atoms with Crippen molar-refractivity contribution in [3.8, 4) is 0 Å². The van der Waals surface area contributed by atoms with E-state index < -0.39 is 0 Å². The highest BCUT2D eigenvalue weighted by Crippen LogP contribution is 2.20. The second-order valence-electron chi connectivity index (χ2n) is 5.59. The number of carbonyl (C=O) groups is 1. The number of benzene rings is 1. The smallest absolute Gasteiger partial charge is 0.260 e. The third kappa shape index (κ3) is 3.12. The molecule has 0 bridgehead atoms. The summed E-state index contributed by atoms with van der Waals surface area (Å²) in [5, 5.41) is 6.48. The maximum Gasteiger partial charge on any atom is 0.260 e. The summed E-state index contributed by atoms with van der Waals surface area (Å²) in [4.78, 5) is 16.8. The van der Waals surface area contributed by atoms with E-state index >= 15 is 0 Å². The number of rotatable bonds is 3. The number of anilines is 2. The molecule has 1 fully saturated rings. The third-order valence-electron chi connectivity index (χ3n) is 3.99. The van der Waals surface area contributed by atoms with Gasteiger partial charge in [-0.05, 0) is 38.2 Å². The quantitative estimate of drug-likeness (QED) is 0.939. The molecule has 0 atom stereocenters. The van der Waals surface area contributed by atoms with Gasteiger partial charge >= 0.3 is 0 Å². The number of hydrogen-bond donors (Lipinski definition) is 1. The molecule has 22 heavy (non-hydrogen) atoms. The predicted molar refractivity (Wildman–Crippen MR) is 85.3 cm³/mol. The van der Waals surface area contributed by atoms with Crippen LogP contribution in [0.5, 0.6) is 0 Å². The molecule has 1 amide bonds. The Morgan fingerprint density at radius 1 is 1.18 bits per heavy atom. The van der Waals surface area contributed by atoms with Crippen LogP contribution in [0.3, 0.4) is 0 Å². The molecule has 1 aliphatic rings. The van der Waals surface area contributed by atoms with E-state index in [4.69, 9.17) is 4.52 Å². The largest absolute Gasteiger partial charge is 0.369 e. The number of nitrogens with one attached hydrogen (secondary N) is 1. The van der Waals surface area contributed by atoms with Gasteiger partial charge in [-0.15, -0.1) is 0 Å². The van der Waals surface area contributed by atoms with Crippen LogP contribution in [0, 0.1) is 6.92 Å². The van der Waals surface area contributed by atoms with Crippen LogP contribution in [0.1, 0.15) is 16.1 Å². The molecule has 0 aliphatic carbocycles. The number of carbonyl (C=O) groups excluding carboxylic acids is 1. The van der Waals surface area contributed by atoms with E-state index in [9.17, 15) is 4.79 Å². The molecule has 0 saturated carbocycles. The number of aromatic nitrogens is 1. The summed E-state index contributed by atoms with van der Waals surface area (Å²) < 4.78 is 4.91. The number of aryl methyl sites for hydroxylation is 1. The molecular weight excluding hydrogens is 280 g/mol. The zero-order chi connectivity index (χ0) is 15.5. The second-order valence-corrected chi connectivity index (χ2v) is 5.59. The molecule has 1 N–H and O–H groups in total. The van der Waals surface area contributed by atoms with E-state index in [1.807, 2.05) is 24.3 Å². The Morgan fingerprint density at radius 3 is 2.45 bits per heavy atom. The van der Waals surface area contributed by atoms with Gasteiger partial charge in [-0.1, -0.05) is 5.16 Å². The first kappa shape index (κ1) is 14.6. The van der Waals surface area contributed by atoms with Crippen molar-refractivity contribution in [2.24, 2.45) is 0 Å². The van der Waals surface area contributed by atoms with Crippen molar-refractivity contribution in [1.29, 1.82) is 0 Å². The number of piperazine rings is 1. The molecular formula is C16H20N4O2. The Balaban J connectivity index is 1.64. The van der Waals surface area contributed by atoms with E-state index in [-0.39, 0.29) is 5.91 Å². The van der Waals surface area contributed by atoms with Gasteiger partial charge in [-0.3, -0.25) is 4.79 Å². The van der Waals surface area contributed by atoms with Gasteiger partial charge in [0.1, 0.15) is 11.3 Å². The fourth-order valence-electron chi connectivity index (χ4n) is 2.54. The molecule has 6 heteroatoms. The Hall–Kier alpha value is -2.34. The van der Waals surface area contributed by atoms with Crippen LogP contribution >= 0.6 is 0 Å². The second kappa shape index (κ2) is 6.19. The molecule has 1 saturated heterocycles. The van der Waals surface area contributed by atoms with Crippen LogP contribution < -0.4 is 10.2 Å². The van der Waals surface area contributed by atoms with Crippen LogP contribution in [0.4, 0.5) is 11.4 Å². The van der Waals surface area contributed by atoms with Gasteiger partial charge in [0.25, 0.3) is 5.91 Å². The Morgan fingerprint density at radius 2 is 1.86 bits per heavy atom. The summed E-state index contributed by atoms with van der Waals surface area (Å²) in [5.41, 5.74) is 2.42. The molecule has 6 nitrogen and oxygen atoms in total. The zero-order valence-electron chi connectivity index (χ0n) is 12.9. The highest BCUT2D eigenvalue weighted by Gasteiger charge is 2.15. The first-order chi connectivity index (χ1) is 10.6. The minimum absolute atomic E-state index is 0.203. The molecule has 116 valence electrons. The van der Waals surface area contributed by atoms with Gasteiger partial charge in [0, 0.05) is 37.6 Å². The summed E-state index contributed by atoms with van der Waals surface area (Å²) >= 11 is 0. The standard InChI is InChI=1S/C16H20N4O2/c1-12-15(11-17-22-12)16(21)18-13-3-5-14(6-4-13)20-9-7-19(2)8-10-20/h3-6,11H,7-10H2,1-2H3,(H,18,21). The number of amides is 1. The Kier molecular flexibility index (Phi) is 4.11. The van der Waals surface area contributed by atoms with Crippen molar-refractivity contribution < 1.29 is 9.32 Å². The number of nitrogens with zero attached hydrogens (tertiary/aromatic N) is 3. The number of likely N-dealkylation sites (N-methyl/N-ethyl adjacent to an activating group) is 1. The summed E-state index contributed by atoms with van der Waals surface area (Å²) in [5.74, 6) is 0.317. The maximum absolute atomic E-state index is 12.1. The summed E-state index contributed by atoms with van der Waals surface area (Å²) in [6.45, 7) is 5.93. The topological polar surface area (TPSA) is 61.6 Å². The fourth-order valence-corrected chi connectivity index (χ4v) is 2.54. The van der Waals surface area contributed by atoms with E-state index in [1.165, 1.54) is 11.9 Å². The first-order valence-electron chi connectivity index (χ1n) is 7.39. The fraction of sp³-hybridized carbons (Fsp3) is 0.375. The molecule has 2 heterocycles. The lowest BCUT2D eigenvalue weighted by Crippen LogP contribution is -2.44. The Labute approximate surface area is 129 Å². The van der Waals surface area contributed by atoms with Crippen molar-refractivity contribution >= 4 is 17.3 Å². The van der Waals surface area contributed by atoms with Gasteiger partial charge < -0.3 is 19.6 Å². The monoisotopic (exact) mass is 300 g/mol.